The van der Waals surface area contributed by atoms with E-state index in [1.54, 1.807) is 13.8 Å². The minimum Gasteiger partial charge on any atom is -0.428 e. The zero-order chi connectivity index (χ0) is 14.3. The van der Waals surface area contributed by atoms with E-state index < -0.39 is 23.8 Å². The molecule has 5 heteroatoms. The van der Waals surface area contributed by atoms with Crippen molar-refractivity contribution in [3.8, 4) is 0 Å². The molecule has 0 radical (unpaired) electrons. The summed E-state index contributed by atoms with van der Waals surface area (Å²) in [6.45, 7) is 9.28. The molecule has 0 bridgehead atoms. The van der Waals surface area contributed by atoms with E-state index >= 15 is 0 Å². The third kappa shape index (κ3) is 6.00. The number of hydrogen-bond donors (Lipinski definition) is 1. The predicted molar refractivity (Wildman–Crippen MR) is 69.0 cm³/mol. The van der Waals surface area contributed by atoms with Gasteiger partial charge in [-0.1, -0.05) is 33.6 Å². The van der Waals surface area contributed by atoms with Crippen LogP contribution in [0.3, 0.4) is 0 Å². The molecule has 2 atom stereocenters. The van der Waals surface area contributed by atoms with Crippen molar-refractivity contribution < 1.29 is 19.1 Å². The summed E-state index contributed by atoms with van der Waals surface area (Å²) in [4.78, 5) is 23.0. The molecule has 0 rings (SSSR count). The Bertz CT molecular complexity index is 289. The molecule has 0 aliphatic heterocycles. The van der Waals surface area contributed by atoms with Crippen LogP contribution >= 0.6 is 0 Å². The lowest BCUT2D eigenvalue weighted by Gasteiger charge is -2.24. The highest BCUT2D eigenvalue weighted by Crippen LogP contribution is 2.17. The van der Waals surface area contributed by atoms with Crippen LogP contribution in [-0.2, 0) is 14.3 Å². The Morgan fingerprint density at radius 3 is 2.28 bits per heavy atom. The number of esters is 1. The molecule has 0 spiro atoms. The Balaban J connectivity index is 4.28. The van der Waals surface area contributed by atoms with Crippen molar-refractivity contribution in [3.63, 3.8) is 0 Å². The van der Waals surface area contributed by atoms with Crippen LogP contribution in [0, 0.1) is 5.92 Å². The van der Waals surface area contributed by atoms with Gasteiger partial charge in [-0.2, -0.15) is 0 Å². The molecule has 2 N–H and O–H groups in total. The molecule has 106 valence electrons. The summed E-state index contributed by atoms with van der Waals surface area (Å²) in [5, 5.41) is 0. The van der Waals surface area contributed by atoms with Crippen LogP contribution < -0.4 is 5.73 Å². The predicted octanol–water partition coefficient (Wildman–Crippen LogP) is 2.62. The van der Waals surface area contributed by atoms with Crippen molar-refractivity contribution in [2.24, 2.45) is 11.7 Å². The minimum absolute atomic E-state index is 0.0334. The largest absolute Gasteiger partial charge is 0.516 e. The van der Waals surface area contributed by atoms with Gasteiger partial charge < -0.3 is 15.2 Å². The van der Waals surface area contributed by atoms with E-state index in [0.717, 1.165) is 12.8 Å². The van der Waals surface area contributed by atoms with Gasteiger partial charge in [0.25, 0.3) is 0 Å². The van der Waals surface area contributed by atoms with Gasteiger partial charge in [-0.05, 0) is 26.2 Å². The number of carbonyl (C=O) groups is 2. The molecule has 5 nitrogen and oxygen atoms in total. The van der Waals surface area contributed by atoms with Crippen LogP contribution in [0.4, 0.5) is 4.79 Å². The lowest BCUT2D eigenvalue weighted by Crippen LogP contribution is -2.40. The Hall–Kier alpha value is -1.10. The third-order valence-corrected chi connectivity index (χ3v) is 2.92. The summed E-state index contributed by atoms with van der Waals surface area (Å²) in [5.74, 6) is -0.768. The molecule has 18 heavy (non-hydrogen) atoms. The number of ether oxygens (including phenoxy) is 2. The highest BCUT2D eigenvalue weighted by molar-refractivity contribution is 5.85. The lowest BCUT2D eigenvalue weighted by molar-refractivity contribution is -0.144. The zero-order valence-corrected chi connectivity index (χ0v) is 12.0. The van der Waals surface area contributed by atoms with E-state index in [9.17, 15) is 9.59 Å². The Morgan fingerprint density at radius 1 is 1.28 bits per heavy atom. The average molecular weight is 259 g/mol. The number of carbonyl (C=O) groups excluding carboxylic acids is 2. The topological polar surface area (TPSA) is 78.6 Å². The van der Waals surface area contributed by atoms with E-state index in [-0.39, 0.29) is 5.92 Å². The average Bonchev–Trinajstić information content (AvgIpc) is 2.25. The van der Waals surface area contributed by atoms with Crippen LogP contribution in [-0.4, -0.2) is 23.8 Å². The summed E-state index contributed by atoms with van der Waals surface area (Å²) in [5.41, 5.74) is 5.03. The molecule has 0 heterocycles. The molecule has 0 aromatic rings. The second-order valence-corrected chi connectivity index (χ2v) is 5.19. The highest BCUT2D eigenvalue weighted by atomic mass is 16.7. The zero-order valence-electron chi connectivity index (χ0n) is 12.0. The van der Waals surface area contributed by atoms with Gasteiger partial charge in [0.1, 0.15) is 11.6 Å². The number of nitrogens with two attached hydrogens (primary N) is 1. The van der Waals surface area contributed by atoms with Crippen molar-refractivity contribution >= 4 is 12.1 Å². The molecule has 0 unspecified atom stereocenters. The molecule has 0 amide bonds. The highest BCUT2D eigenvalue weighted by Gasteiger charge is 2.28. The Morgan fingerprint density at radius 2 is 1.83 bits per heavy atom. The van der Waals surface area contributed by atoms with E-state index in [1.807, 2.05) is 20.8 Å². The molecule has 0 fully saturated rings. The van der Waals surface area contributed by atoms with Crippen LogP contribution in [0.15, 0.2) is 0 Å². The number of hydrogen-bond acceptors (Lipinski definition) is 5. The smallest absolute Gasteiger partial charge is 0.428 e. The van der Waals surface area contributed by atoms with Crippen LogP contribution in [0.5, 0.6) is 0 Å². The van der Waals surface area contributed by atoms with Gasteiger partial charge in [-0.3, -0.25) is 0 Å². The monoisotopic (exact) mass is 259 g/mol. The fourth-order valence-electron chi connectivity index (χ4n) is 1.54. The van der Waals surface area contributed by atoms with E-state index in [4.69, 9.17) is 10.5 Å². The Kier molecular flexibility index (Phi) is 6.91. The van der Waals surface area contributed by atoms with Gasteiger partial charge in [0.15, 0.2) is 0 Å². The molecule has 0 saturated carbocycles. The molecule has 0 aromatic heterocycles. The second-order valence-electron chi connectivity index (χ2n) is 5.19. The van der Waals surface area contributed by atoms with Crippen molar-refractivity contribution in [3.05, 3.63) is 0 Å². The summed E-state index contributed by atoms with van der Waals surface area (Å²) in [6, 6.07) is -0.795. The first-order valence-corrected chi connectivity index (χ1v) is 6.43. The van der Waals surface area contributed by atoms with Crippen LogP contribution in [0.25, 0.3) is 0 Å². The first kappa shape index (κ1) is 16.9. The maximum Gasteiger partial charge on any atom is 0.516 e. The van der Waals surface area contributed by atoms with Gasteiger partial charge in [-0.15, -0.1) is 0 Å². The van der Waals surface area contributed by atoms with E-state index in [0.29, 0.717) is 6.42 Å². The SMILES string of the molecule is CCCC(C)(C)OC(=O)OC(=O)[C@@H](N)[C@@H](C)CC. The second kappa shape index (κ2) is 7.36. The Labute approximate surface area is 109 Å². The lowest BCUT2D eigenvalue weighted by atomic mass is 10.0. The van der Waals surface area contributed by atoms with Crippen LogP contribution in [0.2, 0.25) is 0 Å². The van der Waals surface area contributed by atoms with Crippen molar-refractivity contribution in [2.75, 3.05) is 0 Å². The standard InChI is InChI=1S/C13H25NO4/c1-6-8-13(4,5)18-12(16)17-11(15)10(14)9(3)7-2/h9-10H,6-8,14H2,1-5H3/t9-,10-/m0/s1. The molecule has 0 aliphatic carbocycles. The van der Waals surface area contributed by atoms with E-state index in [1.165, 1.54) is 0 Å². The number of rotatable bonds is 6. The third-order valence-electron chi connectivity index (χ3n) is 2.92. The van der Waals surface area contributed by atoms with Gasteiger partial charge in [-0.25, -0.2) is 9.59 Å². The van der Waals surface area contributed by atoms with Crippen molar-refractivity contribution in [2.45, 2.75) is 65.5 Å². The first-order valence-electron chi connectivity index (χ1n) is 6.43. The maximum absolute atomic E-state index is 11.5. The first-order chi connectivity index (χ1) is 8.23. The maximum atomic E-state index is 11.5. The summed E-state index contributed by atoms with van der Waals surface area (Å²) < 4.78 is 9.67. The summed E-state index contributed by atoms with van der Waals surface area (Å²) >= 11 is 0. The van der Waals surface area contributed by atoms with Gasteiger partial charge in [0, 0.05) is 0 Å². The summed E-state index contributed by atoms with van der Waals surface area (Å²) in [6.07, 6.45) is 1.35. The summed E-state index contributed by atoms with van der Waals surface area (Å²) in [7, 11) is 0. The minimum atomic E-state index is -0.975. The van der Waals surface area contributed by atoms with Gasteiger partial charge in [0.05, 0.1) is 0 Å². The van der Waals surface area contributed by atoms with Gasteiger partial charge >= 0.3 is 12.1 Å². The molecule has 0 aliphatic rings. The van der Waals surface area contributed by atoms with Crippen molar-refractivity contribution in [1.82, 2.24) is 0 Å². The quantitative estimate of drug-likeness (QED) is 0.586. The fourth-order valence-corrected chi connectivity index (χ4v) is 1.54. The molecule has 0 saturated heterocycles. The molecular formula is C13H25NO4. The van der Waals surface area contributed by atoms with Crippen molar-refractivity contribution in [1.29, 1.82) is 0 Å². The molecular weight excluding hydrogens is 234 g/mol. The van der Waals surface area contributed by atoms with Gasteiger partial charge in [0.2, 0.25) is 0 Å². The normalized spacial score (nSPS) is 14.8. The molecule has 0 aromatic carbocycles. The fraction of sp³-hybridized carbons (Fsp3) is 0.846. The van der Waals surface area contributed by atoms with Crippen LogP contribution in [0.1, 0.15) is 53.9 Å². The van der Waals surface area contributed by atoms with E-state index in [2.05, 4.69) is 4.74 Å².